The lowest BCUT2D eigenvalue weighted by Crippen LogP contribution is -2.28. The molecule has 0 radical (unpaired) electrons. The Labute approximate surface area is 121 Å². The zero-order chi connectivity index (χ0) is 14.4. The van der Waals surface area contributed by atoms with Crippen LogP contribution in [0.4, 0.5) is 0 Å². The number of aromatic nitrogens is 2. The third kappa shape index (κ3) is 2.37. The summed E-state index contributed by atoms with van der Waals surface area (Å²) in [6, 6.07) is 6.00. The summed E-state index contributed by atoms with van der Waals surface area (Å²) in [5.74, 6) is -0.144. The first-order valence-electron chi connectivity index (χ1n) is 7.31. The second kappa shape index (κ2) is 4.58. The van der Waals surface area contributed by atoms with Gasteiger partial charge >= 0.3 is 0 Å². The monoisotopic (exact) mass is 284 g/mol. The summed E-state index contributed by atoms with van der Waals surface area (Å²) in [7, 11) is 0. The van der Waals surface area contributed by atoms with E-state index < -0.39 is 0 Å². The predicted octanol–water partition coefficient (Wildman–Crippen LogP) is 1.12. The van der Waals surface area contributed by atoms with Gasteiger partial charge in [0.15, 0.2) is 5.69 Å². The lowest BCUT2D eigenvalue weighted by Gasteiger charge is -2.01. The second-order valence-electron chi connectivity index (χ2n) is 5.74. The Morgan fingerprint density at radius 2 is 1.71 bits per heavy atom. The number of nitrogens with zero attached hydrogens (tertiary/aromatic N) is 2. The van der Waals surface area contributed by atoms with Gasteiger partial charge in [-0.15, -0.1) is 0 Å². The summed E-state index contributed by atoms with van der Waals surface area (Å²) in [6.45, 7) is 0. The van der Waals surface area contributed by atoms with E-state index in [-0.39, 0.29) is 29.7 Å². The van der Waals surface area contributed by atoms with Crippen LogP contribution >= 0.6 is 0 Å². The van der Waals surface area contributed by atoms with Gasteiger partial charge in [-0.2, -0.15) is 0 Å². The van der Waals surface area contributed by atoms with Crippen LogP contribution in [0.25, 0.3) is 5.52 Å². The van der Waals surface area contributed by atoms with Gasteiger partial charge < -0.3 is 10.6 Å². The van der Waals surface area contributed by atoms with Gasteiger partial charge in [0, 0.05) is 18.3 Å². The first-order chi connectivity index (χ1) is 10.2. The number of carbonyl (C=O) groups excluding carboxylic acids is 2. The van der Waals surface area contributed by atoms with Crippen molar-refractivity contribution in [2.45, 2.75) is 37.8 Å². The van der Waals surface area contributed by atoms with Gasteiger partial charge in [-0.3, -0.25) is 14.0 Å². The molecule has 2 saturated carbocycles. The smallest absolute Gasteiger partial charge is 0.287 e. The Hall–Kier alpha value is -2.37. The molecule has 0 atom stereocenters. The first-order valence-corrected chi connectivity index (χ1v) is 7.31. The van der Waals surface area contributed by atoms with Gasteiger partial charge in [-0.1, -0.05) is 6.07 Å². The number of amides is 2. The Kier molecular flexibility index (Phi) is 2.70. The van der Waals surface area contributed by atoms with Crippen molar-refractivity contribution in [3.8, 4) is 0 Å². The molecule has 2 aromatic heterocycles. The molecule has 0 unspecified atom stereocenters. The minimum atomic E-state index is -0.218. The van der Waals surface area contributed by atoms with Crippen LogP contribution in [0.1, 0.15) is 46.8 Å². The maximum atomic E-state index is 12.3. The molecular formula is C15H16N4O2. The number of fused-ring (bicyclic) bond motifs is 1. The number of rotatable bonds is 4. The van der Waals surface area contributed by atoms with Gasteiger partial charge in [0.2, 0.25) is 5.82 Å². The maximum Gasteiger partial charge on any atom is 0.287 e. The Morgan fingerprint density at radius 3 is 2.38 bits per heavy atom. The zero-order valence-electron chi connectivity index (χ0n) is 11.5. The Balaban J connectivity index is 1.72. The van der Waals surface area contributed by atoms with E-state index in [1.165, 1.54) is 0 Å². The summed E-state index contributed by atoms with van der Waals surface area (Å²) < 4.78 is 1.68. The molecule has 21 heavy (non-hydrogen) atoms. The number of hydrogen-bond donors (Lipinski definition) is 2. The molecular weight excluding hydrogens is 268 g/mol. The number of imidazole rings is 1. The summed E-state index contributed by atoms with van der Waals surface area (Å²) >= 11 is 0. The molecule has 2 fully saturated rings. The molecule has 2 aliphatic rings. The standard InChI is InChI=1S/C15H16N4O2/c20-14(16-9-4-5-9)12-11-3-1-2-8-19(11)13(18-12)15(21)17-10-6-7-10/h1-3,8-10H,4-7H2,(H,16,20)(H,17,21). The highest BCUT2D eigenvalue weighted by Crippen LogP contribution is 2.22. The number of nitrogens with one attached hydrogen (secondary N) is 2. The van der Waals surface area contributed by atoms with Gasteiger partial charge in [0.25, 0.3) is 11.8 Å². The SMILES string of the molecule is O=C(NC1CC1)c1nc(C(=O)NC2CC2)n2ccccc12. The third-order valence-electron chi connectivity index (χ3n) is 3.79. The third-order valence-corrected chi connectivity index (χ3v) is 3.79. The zero-order valence-corrected chi connectivity index (χ0v) is 11.5. The Bertz CT molecular complexity index is 668. The molecule has 2 heterocycles. The molecule has 0 aromatic carbocycles. The van der Waals surface area contributed by atoms with Crippen molar-refractivity contribution >= 4 is 17.3 Å². The summed E-state index contributed by atoms with van der Waals surface area (Å²) in [6.07, 6.45) is 5.84. The number of pyridine rings is 1. The predicted molar refractivity (Wildman–Crippen MR) is 76.2 cm³/mol. The van der Waals surface area contributed by atoms with Crippen molar-refractivity contribution in [2.75, 3.05) is 0 Å². The topological polar surface area (TPSA) is 75.5 Å². The lowest BCUT2D eigenvalue weighted by atomic mass is 10.3. The molecule has 2 aromatic rings. The van der Waals surface area contributed by atoms with Crippen molar-refractivity contribution in [3.05, 3.63) is 35.9 Å². The van der Waals surface area contributed by atoms with E-state index in [1.807, 2.05) is 18.2 Å². The fraction of sp³-hybridized carbons (Fsp3) is 0.400. The van der Waals surface area contributed by atoms with E-state index in [0.717, 1.165) is 25.7 Å². The highest BCUT2D eigenvalue weighted by molar-refractivity contribution is 6.02. The minimum Gasteiger partial charge on any atom is -0.348 e. The van der Waals surface area contributed by atoms with E-state index in [9.17, 15) is 9.59 Å². The highest BCUT2D eigenvalue weighted by Gasteiger charge is 2.29. The van der Waals surface area contributed by atoms with Crippen LogP contribution < -0.4 is 10.6 Å². The van der Waals surface area contributed by atoms with Gasteiger partial charge in [-0.05, 0) is 37.8 Å². The molecule has 4 rings (SSSR count). The van der Waals surface area contributed by atoms with Crippen LogP contribution in [0, 0.1) is 0 Å². The minimum absolute atomic E-state index is 0.202. The summed E-state index contributed by atoms with van der Waals surface area (Å²) in [5, 5.41) is 5.83. The molecule has 0 bridgehead atoms. The van der Waals surface area contributed by atoms with Crippen LogP contribution in [-0.2, 0) is 0 Å². The molecule has 0 aliphatic heterocycles. The lowest BCUT2D eigenvalue weighted by molar-refractivity contribution is 0.0940. The van der Waals surface area contributed by atoms with Gasteiger partial charge in [0.1, 0.15) is 0 Å². The van der Waals surface area contributed by atoms with Crippen molar-refractivity contribution in [1.29, 1.82) is 0 Å². The largest absolute Gasteiger partial charge is 0.348 e. The number of hydrogen-bond acceptors (Lipinski definition) is 3. The van der Waals surface area contributed by atoms with Crippen LogP contribution in [0.5, 0.6) is 0 Å². The Morgan fingerprint density at radius 1 is 1.05 bits per heavy atom. The fourth-order valence-electron chi connectivity index (χ4n) is 2.32. The number of carbonyl (C=O) groups is 2. The van der Waals surface area contributed by atoms with E-state index in [4.69, 9.17) is 0 Å². The molecule has 0 spiro atoms. The average Bonchev–Trinajstić information content (AvgIpc) is 3.39. The van der Waals surface area contributed by atoms with E-state index >= 15 is 0 Å². The summed E-state index contributed by atoms with van der Waals surface area (Å²) in [4.78, 5) is 28.8. The van der Waals surface area contributed by atoms with E-state index in [0.29, 0.717) is 11.2 Å². The van der Waals surface area contributed by atoms with E-state index in [1.54, 1.807) is 10.6 Å². The fourth-order valence-corrected chi connectivity index (χ4v) is 2.32. The second-order valence-corrected chi connectivity index (χ2v) is 5.74. The van der Waals surface area contributed by atoms with Crippen LogP contribution in [0.2, 0.25) is 0 Å². The molecule has 6 nitrogen and oxygen atoms in total. The van der Waals surface area contributed by atoms with Crippen LogP contribution in [-0.4, -0.2) is 33.3 Å². The normalized spacial score (nSPS) is 17.7. The van der Waals surface area contributed by atoms with E-state index in [2.05, 4.69) is 15.6 Å². The van der Waals surface area contributed by atoms with Gasteiger partial charge in [-0.25, -0.2) is 4.98 Å². The summed E-state index contributed by atoms with van der Waals surface area (Å²) in [5.41, 5.74) is 0.986. The molecule has 2 amide bonds. The highest BCUT2D eigenvalue weighted by atomic mass is 16.2. The van der Waals surface area contributed by atoms with Crippen LogP contribution in [0.3, 0.4) is 0 Å². The molecule has 6 heteroatoms. The van der Waals surface area contributed by atoms with Crippen molar-refractivity contribution < 1.29 is 9.59 Å². The van der Waals surface area contributed by atoms with Crippen LogP contribution in [0.15, 0.2) is 24.4 Å². The first kappa shape index (κ1) is 12.4. The van der Waals surface area contributed by atoms with Crippen molar-refractivity contribution in [1.82, 2.24) is 20.0 Å². The average molecular weight is 284 g/mol. The van der Waals surface area contributed by atoms with Gasteiger partial charge in [0.05, 0.1) is 5.52 Å². The van der Waals surface area contributed by atoms with Crippen molar-refractivity contribution in [3.63, 3.8) is 0 Å². The molecule has 108 valence electrons. The molecule has 0 saturated heterocycles. The molecule has 2 aliphatic carbocycles. The molecule has 2 N–H and O–H groups in total. The quantitative estimate of drug-likeness (QED) is 0.883. The van der Waals surface area contributed by atoms with Crippen molar-refractivity contribution in [2.24, 2.45) is 0 Å². The maximum absolute atomic E-state index is 12.3.